The first-order chi connectivity index (χ1) is 11.0. The van der Waals surface area contributed by atoms with E-state index in [0.717, 1.165) is 0 Å². The molecule has 0 aromatic heterocycles. The first-order valence-electron chi connectivity index (χ1n) is 6.83. The lowest BCUT2D eigenvalue weighted by molar-refractivity contribution is -0.119. The number of anilines is 1. The van der Waals surface area contributed by atoms with Gasteiger partial charge in [0.15, 0.2) is 0 Å². The number of nitrogens with one attached hydrogen (secondary N) is 2. The topological polar surface area (TPSA) is 50.4 Å². The van der Waals surface area contributed by atoms with Crippen molar-refractivity contribution in [3.8, 4) is 5.75 Å². The highest BCUT2D eigenvalue weighted by Crippen LogP contribution is 2.17. The average Bonchev–Trinajstić information content (AvgIpc) is 2.53. The van der Waals surface area contributed by atoms with Gasteiger partial charge in [-0.2, -0.15) is 8.78 Å². The van der Waals surface area contributed by atoms with Crippen molar-refractivity contribution < 1.29 is 22.7 Å². The molecule has 7 heteroatoms. The Labute approximate surface area is 131 Å². The number of carbonyl (C=O) groups excluding carboxylic acids is 1. The van der Waals surface area contributed by atoms with Gasteiger partial charge >= 0.3 is 6.61 Å². The van der Waals surface area contributed by atoms with Crippen LogP contribution < -0.4 is 15.4 Å². The van der Waals surface area contributed by atoms with E-state index in [0.29, 0.717) is 11.3 Å². The van der Waals surface area contributed by atoms with Gasteiger partial charge in [-0.1, -0.05) is 18.2 Å². The number of rotatable bonds is 7. The maximum Gasteiger partial charge on any atom is 0.387 e. The summed E-state index contributed by atoms with van der Waals surface area (Å²) in [6.07, 6.45) is 0. The highest BCUT2D eigenvalue weighted by atomic mass is 19.3. The summed E-state index contributed by atoms with van der Waals surface area (Å²) >= 11 is 0. The van der Waals surface area contributed by atoms with Gasteiger partial charge in [-0.3, -0.25) is 4.79 Å². The molecule has 2 N–H and O–H groups in total. The molecule has 0 heterocycles. The first kappa shape index (κ1) is 16.7. The minimum atomic E-state index is -2.88. The molecule has 0 atom stereocenters. The van der Waals surface area contributed by atoms with Crippen LogP contribution in [0.3, 0.4) is 0 Å². The molecule has 2 aromatic carbocycles. The summed E-state index contributed by atoms with van der Waals surface area (Å²) in [5.41, 5.74) is 0.974. The molecule has 0 unspecified atom stereocenters. The third kappa shape index (κ3) is 5.54. The third-order valence-corrected chi connectivity index (χ3v) is 2.97. The standard InChI is InChI=1S/C16H15F3N2O2/c17-14-4-2-1-3-11(14)9-21-15(22)10-20-12-5-7-13(8-6-12)23-16(18)19/h1-8,16,20H,9-10H2,(H,21,22). The van der Waals surface area contributed by atoms with E-state index in [2.05, 4.69) is 15.4 Å². The van der Waals surface area contributed by atoms with Gasteiger partial charge in [0.1, 0.15) is 11.6 Å². The van der Waals surface area contributed by atoms with Crippen LogP contribution in [-0.2, 0) is 11.3 Å². The molecule has 0 aliphatic carbocycles. The van der Waals surface area contributed by atoms with Crippen molar-refractivity contribution in [2.75, 3.05) is 11.9 Å². The Bertz CT molecular complexity index is 648. The number of ether oxygens (including phenoxy) is 1. The normalized spacial score (nSPS) is 10.4. The van der Waals surface area contributed by atoms with Gasteiger partial charge in [-0.05, 0) is 30.3 Å². The largest absolute Gasteiger partial charge is 0.435 e. The van der Waals surface area contributed by atoms with Crippen LogP contribution in [0.25, 0.3) is 0 Å². The molecule has 2 aromatic rings. The van der Waals surface area contributed by atoms with E-state index < -0.39 is 6.61 Å². The molecule has 1 amide bonds. The molecule has 23 heavy (non-hydrogen) atoms. The minimum absolute atomic E-state index is 0.0243. The highest BCUT2D eigenvalue weighted by Gasteiger charge is 2.06. The van der Waals surface area contributed by atoms with E-state index in [9.17, 15) is 18.0 Å². The van der Waals surface area contributed by atoms with Crippen LogP contribution in [0, 0.1) is 5.82 Å². The SMILES string of the molecule is O=C(CNc1ccc(OC(F)F)cc1)NCc1ccccc1F. The minimum Gasteiger partial charge on any atom is -0.435 e. The Hall–Kier alpha value is -2.70. The predicted molar refractivity (Wildman–Crippen MR) is 79.8 cm³/mol. The van der Waals surface area contributed by atoms with Crippen LogP contribution in [0.1, 0.15) is 5.56 Å². The van der Waals surface area contributed by atoms with Crippen molar-refractivity contribution in [2.24, 2.45) is 0 Å². The molecule has 2 rings (SSSR count). The third-order valence-electron chi connectivity index (χ3n) is 2.97. The van der Waals surface area contributed by atoms with Crippen molar-refractivity contribution >= 4 is 11.6 Å². The summed E-state index contributed by atoms with van der Waals surface area (Å²) in [6, 6.07) is 11.9. The van der Waals surface area contributed by atoms with E-state index in [-0.39, 0.29) is 30.6 Å². The maximum atomic E-state index is 13.4. The quantitative estimate of drug-likeness (QED) is 0.822. The van der Waals surface area contributed by atoms with E-state index in [1.807, 2.05) is 0 Å². The van der Waals surface area contributed by atoms with Gasteiger partial charge < -0.3 is 15.4 Å². The Morgan fingerprint density at radius 3 is 2.43 bits per heavy atom. The van der Waals surface area contributed by atoms with Crippen molar-refractivity contribution in [1.82, 2.24) is 5.32 Å². The monoisotopic (exact) mass is 324 g/mol. The van der Waals surface area contributed by atoms with Crippen molar-refractivity contribution in [3.05, 3.63) is 59.9 Å². The van der Waals surface area contributed by atoms with E-state index in [1.165, 1.54) is 30.3 Å². The fraction of sp³-hybridized carbons (Fsp3) is 0.188. The van der Waals surface area contributed by atoms with Crippen LogP contribution in [0.15, 0.2) is 48.5 Å². The predicted octanol–water partition coefficient (Wildman–Crippen LogP) is 3.16. The Balaban J connectivity index is 1.77. The van der Waals surface area contributed by atoms with Gasteiger partial charge in [-0.25, -0.2) is 4.39 Å². The number of hydrogen-bond donors (Lipinski definition) is 2. The Morgan fingerprint density at radius 1 is 1.09 bits per heavy atom. The fourth-order valence-electron chi connectivity index (χ4n) is 1.83. The van der Waals surface area contributed by atoms with Crippen molar-refractivity contribution in [3.63, 3.8) is 0 Å². The zero-order valence-electron chi connectivity index (χ0n) is 12.1. The molecular weight excluding hydrogens is 309 g/mol. The second kappa shape index (κ2) is 8.07. The molecule has 0 fully saturated rings. The summed E-state index contributed by atoms with van der Waals surface area (Å²) in [7, 11) is 0. The molecular formula is C16H15F3N2O2. The summed E-state index contributed by atoms with van der Waals surface area (Å²) in [4.78, 5) is 11.7. The lowest BCUT2D eigenvalue weighted by Crippen LogP contribution is -2.29. The molecule has 0 radical (unpaired) electrons. The number of alkyl halides is 2. The zero-order valence-corrected chi connectivity index (χ0v) is 12.1. The molecule has 0 saturated carbocycles. The van der Waals surface area contributed by atoms with Crippen LogP contribution in [0.2, 0.25) is 0 Å². The number of hydrogen-bond acceptors (Lipinski definition) is 3. The molecule has 0 aliphatic rings. The molecule has 122 valence electrons. The number of benzene rings is 2. The maximum absolute atomic E-state index is 13.4. The Kier molecular flexibility index (Phi) is 5.85. The molecule has 0 spiro atoms. The summed E-state index contributed by atoms with van der Waals surface area (Å²) in [5.74, 6) is -0.661. The summed E-state index contributed by atoms with van der Waals surface area (Å²) in [6.45, 7) is -2.81. The van der Waals surface area contributed by atoms with Crippen molar-refractivity contribution in [1.29, 1.82) is 0 Å². The number of halogens is 3. The Morgan fingerprint density at radius 2 is 1.78 bits per heavy atom. The molecule has 0 bridgehead atoms. The lowest BCUT2D eigenvalue weighted by atomic mass is 10.2. The zero-order chi connectivity index (χ0) is 16.7. The summed E-state index contributed by atoms with van der Waals surface area (Å²) in [5, 5.41) is 5.41. The van der Waals surface area contributed by atoms with Gasteiger partial charge in [0.05, 0.1) is 6.54 Å². The van der Waals surface area contributed by atoms with Gasteiger partial charge in [-0.15, -0.1) is 0 Å². The number of amides is 1. The molecule has 4 nitrogen and oxygen atoms in total. The van der Waals surface area contributed by atoms with Crippen molar-refractivity contribution in [2.45, 2.75) is 13.2 Å². The number of carbonyl (C=O) groups is 1. The van der Waals surface area contributed by atoms with Crippen LogP contribution in [0.5, 0.6) is 5.75 Å². The van der Waals surface area contributed by atoms with Crippen LogP contribution in [0.4, 0.5) is 18.9 Å². The van der Waals surface area contributed by atoms with Crippen LogP contribution in [-0.4, -0.2) is 19.1 Å². The fourth-order valence-corrected chi connectivity index (χ4v) is 1.83. The summed E-state index contributed by atoms with van der Waals surface area (Å²) < 4.78 is 41.6. The van der Waals surface area contributed by atoms with E-state index >= 15 is 0 Å². The van der Waals surface area contributed by atoms with Gasteiger partial charge in [0.25, 0.3) is 0 Å². The second-order valence-electron chi connectivity index (χ2n) is 4.62. The second-order valence-corrected chi connectivity index (χ2v) is 4.62. The highest BCUT2D eigenvalue weighted by molar-refractivity contribution is 5.80. The van der Waals surface area contributed by atoms with Gasteiger partial charge in [0, 0.05) is 17.8 Å². The van der Waals surface area contributed by atoms with Gasteiger partial charge in [0.2, 0.25) is 5.91 Å². The molecule has 0 saturated heterocycles. The lowest BCUT2D eigenvalue weighted by Gasteiger charge is -2.09. The average molecular weight is 324 g/mol. The van der Waals surface area contributed by atoms with E-state index in [1.54, 1.807) is 18.2 Å². The van der Waals surface area contributed by atoms with Crippen LogP contribution >= 0.6 is 0 Å². The van der Waals surface area contributed by atoms with E-state index in [4.69, 9.17) is 0 Å². The molecule has 0 aliphatic heterocycles. The smallest absolute Gasteiger partial charge is 0.387 e. The first-order valence-corrected chi connectivity index (χ1v) is 6.83.